The number of hydrogen-bond donors (Lipinski definition) is 2. The van der Waals surface area contributed by atoms with Crippen LogP contribution in [0.5, 0.6) is 0 Å². The van der Waals surface area contributed by atoms with Crippen molar-refractivity contribution in [2.75, 3.05) is 13.1 Å². The second-order valence-corrected chi connectivity index (χ2v) is 5.47. The second-order valence-electron chi connectivity index (χ2n) is 5.47. The van der Waals surface area contributed by atoms with Gasteiger partial charge in [0.2, 0.25) is 0 Å². The summed E-state index contributed by atoms with van der Waals surface area (Å²) in [4.78, 5) is 6.66. The van der Waals surface area contributed by atoms with Crippen molar-refractivity contribution >= 4 is 0 Å². The summed E-state index contributed by atoms with van der Waals surface area (Å²) in [6.45, 7) is 4.36. The first kappa shape index (κ1) is 13.2. The molecule has 20 heavy (non-hydrogen) atoms. The first-order valence-corrected chi connectivity index (χ1v) is 6.89. The molecule has 0 bridgehead atoms. The number of likely N-dealkylation sites (tertiary alicyclic amines) is 1. The van der Waals surface area contributed by atoms with Gasteiger partial charge in [-0.15, -0.1) is 0 Å². The van der Waals surface area contributed by atoms with Gasteiger partial charge in [-0.1, -0.05) is 6.07 Å². The maximum atomic E-state index is 10.8. The van der Waals surface area contributed by atoms with Crippen molar-refractivity contribution in [2.24, 2.45) is 0 Å². The van der Waals surface area contributed by atoms with E-state index in [1.165, 1.54) is 5.56 Å². The molecule has 3 rings (SSSR count). The van der Waals surface area contributed by atoms with Crippen molar-refractivity contribution < 1.29 is 5.11 Å². The third kappa shape index (κ3) is 2.57. The van der Waals surface area contributed by atoms with Crippen molar-refractivity contribution in [2.45, 2.75) is 31.9 Å². The summed E-state index contributed by atoms with van der Waals surface area (Å²) in [7, 11) is 0. The Balaban J connectivity index is 1.74. The van der Waals surface area contributed by atoms with E-state index in [4.69, 9.17) is 0 Å². The lowest BCUT2D eigenvalue weighted by atomic mass is 9.90. The molecule has 3 heterocycles. The third-order valence-electron chi connectivity index (χ3n) is 3.93. The Morgan fingerprint density at radius 1 is 1.50 bits per heavy atom. The Kier molecular flexibility index (Phi) is 3.50. The third-order valence-corrected chi connectivity index (χ3v) is 3.93. The van der Waals surface area contributed by atoms with E-state index in [0.29, 0.717) is 12.2 Å². The molecule has 0 spiro atoms. The molecule has 6 heteroatoms. The van der Waals surface area contributed by atoms with Gasteiger partial charge in [-0.25, -0.2) is 0 Å². The summed E-state index contributed by atoms with van der Waals surface area (Å²) in [6.07, 6.45) is 5.08. The summed E-state index contributed by atoms with van der Waals surface area (Å²) >= 11 is 0. The maximum Gasteiger partial charge on any atom is 0.123 e. The largest absolute Gasteiger partial charge is 0.382 e. The molecule has 0 saturated carbocycles. The highest BCUT2D eigenvalue weighted by Crippen LogP contribution is 2.30. The highest BCUT2D eigenvalue weighted by Gasteiger charge is 2.37. The molecular formula is C14H19N5O. The Morgan fingerprint density at radius 3 is 3.15 bits per heavy atom. The van der Waals surface area contributed by atoms with E-state index >= 15 is 0 Å². The Bertz CT molecular complexity index is 571. The molecule has 1 fully saturated rings. The van der Waals surface area contributed by atoms with Gasteiger partial charge in [0.15, 0.2) is 0 Å². The fourth-order valence-electron chi connectivity index (χ4n) is 2.79. The van der Waals surface area contributed by atoms with Crippen LogP contribution in [0.1, 0.15) is 29.8 Å². The van der Waals surface area contributed by atoms with Crippen LogP contribution in [-0.4, -0.2) is 43.5 Å². The number of piperidine rings is 1. The zero-order chi connectivity index (χ0) is 14.0. The molecule has 1 aliphatic rings. The Morgan fingerprint density at radius 2 is 2.40 bits per heavy atom. The molecule has 0 unspecified atom stereocenters. The second kappa shape index (κ2) is 5.30. The van der Waals surface area contributed by atoms with Gasteiger partial charge in [-0.2, -0.15) is 15.4 Å². The van der Waals surface area contributed by atoms with E-state index in [1.807, 2.05) is 12.3 Å². The van der Waals surface area contributed by atoms with Crippen molar-refractivity contribution in [1.29, 1.82) is 0 Å². The molecule has 0 aliphatic carbocycles. The quantitative estimate of drug-likeness (QED) is 0.872. The highest BCUT2D eigenvalue weighted by molar-refractivity contribution is 5.18. The van der Waals surface area contributed by atoms with Gasteiger partial charge in [-0.3, -0.25) is 9.88 Å². The van der Waals surface area contributed by atoms with Crippen LogP contribution in [0.15, 0.2) is 24.5 Å². The van der Waals surface area contributed by atoms with Gasteiger partial charge in [0.1, 0.15) is 11.3 Å². The molecule has 6 nitrogen and oxygen atoms in total. The van der Waals surface area contributed by atoms with E-state index in [0.717, 1.165) is 31.6 Å². The van der Waals surface area contributed by atoms with Gasteiger partial charge in [0, 0.05) is 19.3 Å². The summed E-state index contributed by atoms with van der Waals surface area (Å²) in [5, 5.41) is 21.2. The van der Waals surface area contributed by atoms with E-state index < -0.39 is 5.60 Å². The zero-order valence-electron chi connectivity index (χ0n) is 11.6. The lowest BCUT2D eigenvalue weighted by Crippen LogP contribution is -2.46. The lowest BCUT2D eigenvalue weighted by molar-refractivity contribution is -0.0417. The van der Waals surface area contributed by atoms with E-state index in [9.17, 15) is 5.11 Å². The SMILES string of the molecule is Cc1cccnc1CN1CCC[C@@](O)(c2cn[nH]n2)C1. The molecule has 2 N–H and O–H groups in total. The van der Waals surface area contributed by atoms with E-state index in [1.54, 1.807) is 6.20 Å². The number of aliphatic hydroxyl groups is 1. The minimum atomic E-state index is -0.909. The smallest absolute Gasteiger partial charge is 0.123 e. The van der Waals surface area contributed by atoms with Gasteiger partial charge < -0.3 is 5.11 Å². The molecule has 1 atom stereocenters. The van der Waals surface area contributed by atoms with Crippen LogP contribution >= 0.6 is 0 Å². The maximum absolute atomic E-state index is 10.8. The van der Waals surface area contributed by atoms with Crippen LogP contribution in [0.4, 0.5) is 0 Å². The molecule has 1 aliphatic heterocycles. The Labute approximate surface area is 117 Å². The van der Waals surface area contributed by atoms with Crippen LogP contribution in [0, 0.1) is 6.92 Å². The molecular weight excluding hydrogens is 254 g/mol. The molecule has 0 radical (unpaired) electrons. The number of rotatable bonds is 3. The predicted octanol–water partition coefficient (Wildman–Crippen LogP) is 0.992. The molecule has 0 amide bonds. The number of nitrogens with zero attached hydrogens (tertiary/aromatic N) is 4. The first-order valence-electron chi connectivity index (χ1n) is 6.89. The fraction of sp³-hybridized carbons (Fsp3) is 0.500. The zero-order valence-corrected chi connectivity index (χ0v) is 11.6. The summed E-state index contributed by atoms with van der Waals surface area (Å²) in [5.74, 6) is 0. The molecule has 2 aromatic rings. The number of aromatic amines is 1. The Hall–Kier alpha value is -1.79. The monoisotopic (exact) mass is 273 g/mol. The number of aryl methyl sites for hydroxylation is 1. The molecule has 1 saturated heterocycles. The van der Waals surface area contributed by atoms with Crippen molar-refractivity contribution in [3.63, 3.8) is 0 Å². The number of hydrogen-bond acceptors (Lipinski definition) is 5. The van der Waals surface area contributed by atoms with Gasteiger partial charge >= 0.3 is 0 Å². The first-order chi connectivity index (χ1) is 9.67. The normalized spacial score (nSPS) is 23.9. The average molecular weight is 273 g/mol. The summed E-state index contributed by atoms with van der Waals surface area (Å²) < 4.78 is 0. The number of H-pyrrole nitrogens is 1. The standard InChI is InChI=1S/C14H19N5O/c1-11-4-2-6-15-12(11)9-19-7-3-5-14(20,10-19)13-8-16-18-17-13/h2,4,6,8,20H,3,5,7,9-10H2,1H3,(H,16,17,18)/t14-/m0/s1. The van der Waals surface area contributed by atoms with Gasteiger partial charge in [0.25, 0.3) is 0 Å². The minimum absolute atomic E-state index is 0.565. The van der Waals surface area contributed by atoms with Crippen LogP contribution in [0.2, 0.25) is 0 Å². The summed E-state index contributed by atoms with van der Waals surface area (Å²) in [6, 6.07) is 4.01. The van der Waals surface area contributed by atoms with Crippen molar-refractivity contribution in [1.82, 2.24) is 25.3 Å². The molecule has 0 aromatic carbocycles. The summed E-state index contributed by atoms with van der Waals surface area (Å²) in [5.41, 5.74) is 1.97. The van der Waals surface area contributed by atoms with Crippen molar-refractivity contribution in [3.8, 4) is 0 Å². The molecule has 106 valence electrons. The van der Waals surface area contributed by atoms with Crippen LogP contribution in [0.25, 0.3) is 0 Å². The number of β-amino-alcohol motifs (C(OH)–C–C–N with tert-alkyl or cyclic N) is 1. The average Bonchev–Trinajstić information content (AvgIpc) is 2.96. The van der Waals surface area contributed by atoms with Crippen LogP contribution in [0.3, 0.4) is 0 Å². The molecule has 2 aromatic heterocycles. The number of aromatic nitrogens is 4. The fourth-order valence-corrected chi connectivity index (χ4v) is 2.79. The van der Waals surface area contributed by atoms with Gasteiger partial charge in [-0.05, 0) is 37.9 Å². The van der Waals surface area contributed by atoms with E-state index in [2.05, 4.69) is 38.3 Å². The van der Waals surface area contributed by atoms with Crippen LogP contribution in [-0.2, 0) is 12.1 Å². The van der Waals surface area contributed by atoms with Crippen LogP contribution < -0.4 is 0 Å². The van der Waals surface area contributed by atoms with E-state index in [-0.39, 0.29) is 0 Å². The number of nitrogens with one attached hydrogen (secondary N) is 1. The number of pyridine rings is 1. The minimum Gasteiger partial charge on any atom is -0.382 e. The lowest BCUT2D eigenvalue weighted by Gasteiger charge is -2.37. The predicted molar refractivity (Wildman–Crippen MR) is 73.8 cm³/mol. The topological polar surface area (TPSA) is 77.9 Å². The highest BCUT2D eigenvalue weighted by atomic mass is 16.3. The van der Waals surface area contributed by atoms with Crippen molar-refractivity contribution in [3.05, 3.63) is 41.5 Å². The van der Waals surface area contributed by atoms with Gasteiger partial charge in [0.05, 0.1) is 11.9 Å².